The van der Waals surface area contributed by atoms with E-state index in [-0.39, 0.29) is 31.3 Å². The Morgan fingerprint density at radius 3 is 2.88 bits per heavy atom. The maximum absolute atomic E-state index is 15.2. The Morgan fingerprint density at radius 1 is 1.30 bits per heavy atom. The predicted octanol–water partition coefficient (Wildman–Crippen LogP) is 4.96. The van der Waals surface area contributed by atoms with Crippen LogP contribution in [0.3, 0.4) is 0 Å². The van der Waals surface area contributed by atoms with E-state index in [1.54, 1.807) is 45.4 Å². The van der Waals surface area contributed by atoms with Crippen LogP contribution < -0.4 is 25.4 Å². The molecule has 266 valence electrons. The molecule has 7 rings (SSSR count). The number of allylic oxidation sites excluding steroid dienone is 1. The van der Waals surface area contributed by atoms with Gasteiger partial charge < -0.3 is 24.8 Å². The molecule has 2 N–H and O–H groups in total. The highest BCUT2D eigenvalue weighted by molar-refractivity contribution is 7.26. The van der Waals surface area contributed by atoms with Crippen molar-refractivity contribution in [1.29, 1.82) is 0 Å². The number of hydrogen-bond donors (Lipinski definition) is 2. The summed E-state index contributed by atoms with van der Waals surface area (Å²) in [5.74, 6) is -2.58. The summed E-state index contributed by atoms with van der Waals surface area (Å²) < 4.78 is 57.8. The van der Waals surface area contributed by atoms with Crippen molar-refractivity contribution in [2.75, 3.05) is 57.9 Å². The Labute approximate surface area is 293 Å². The zero-order valence-corrected chi connectivity index (χ0v) is 29.7. The summed E-state index contributed by atoms with van der Waals surface area (Å²) in [4.78, 5) is 19.5. The smallest absolute Gasteiger partial charge is 0.319 e. The van der Waals surface area contributed by atoms with Gasteiger partial charge in [0, 0.05) is 67.6 Å². The molecule has 0 radical (unpaired) electrons. The molecule has 3 atom stereocenters. The maximum Gasteiger partial charge on any atom is 0.319 e. The van der Waals surface area contributed by atoms with Crippen molar-refractivity contribution in [3.05, 3.63) is 46.0 Å². The molecule has 0 aliphatic carbocycles. The van der Waals surface area contributed by atoms with Gasteiger partial charge in [-0.25, -0.2) is 13.2 Å². The number of thiophene rings is 1. The lowest BCUT2D eigenvalue weighted by Crippen LogP contribution is -2.43. The highest BCUT2D eigenvalue weighted by Crippen LogP contribution is 2.45. The van der Waals surface area contributed by atoms with Crippen molar-refractivity contribution in [2.24, 2.45) is 0 Å². The SMILES string of the molecule is C=c1cc(C(C)(F)F)c(/C=C\C)c(-c2nccc3c2sc2nc(OC[C@@]45CCCN4C[C@H](F)C5)nc(N4CCOC[C@@](C)(O)C4)c23)/c1=C/NC. The van der Waals surface area contributed by atoms with Crippen LogP contribution in [0.1, 0.15) is 51.2 Å². The molecule has 6 heterocycles. The van der Waals surface area contributed by atoms with Crippen molar-refractivity contribution in [2.45, 2.75) is 63.3 Å². The zero-order valence-electron chi connectivity index (χ0n) is 28.9. The number of β-amino-alcohol motifs (C(OH)–C–C–N with tert-alkyl or cyclic N) is 1. The number of rotatable bonds is 8. The number of aromatic nitrogens is 3. The molecule has 4 aromatic rings. The van der Waals surface area contributed by atoms with E-state index >= 15 is 8.78 Å². The van der Waals surface area contributed by atoms with Crippen LogP contribution in [0.5, 0.6) is 6.01 Å². The summed E-state index contributed by atoms with van der Waals surface area (Å²) >= 11 is 1.38. The molecule has 0 amide bonds. The maximum atomic E-state index is 15.2. The largest absolute Gasteiger partial charge is 0.461 e. The second-order valence-corrected chi connectivity index (χ2v) is 15.1. The summed E-state index contributed by atoms with van der Waals surface area (Å²) in [5, 5.41) is 16.8. The van der Waals surface area contributed by atoms with E-state index in [1.807, 2.05) is 11.0 Å². The highest BCUT2D eigenvalue weighted by atomic mass is 32.1. The molecule has 1 aromatic carbocycles. The molecule has 0 spiro atoms. The van der Waals surface area contributed by atoms with Gasteiger partial charge in [-0.2, -0.15) is 9.97 Å². The van der Waals surface area contributed by atoms with E-state index in [4.69, 9.17) is 24.4 Å². The van der Waals surface area contributed by atoms with Gasteiger partial charge in [0.15, 0.2) is 0 Å². The minimum absolute atomic E-state index is 0.144. The zero-order chi connectivity index (χ0) is 35.4. The summed E-state index contributed by atoms with van der Waals surface area (Å²) in [6.45, 7) is 11.3. The number of benzene rings is 1. The predicted molar refractivity (Wildman–Crippen MR) is 193 cm³/mol. The lowest BCUT2D eigenvalue weighted by Gasteiger charge is -2.31. The summed E-state index contributed by atoms with van der Waals surface area (Å²) in [6, 6.07) is 3.48. The van der Waals surface area contributed by atoms with Gasteiger partial charge in [0.2, 0.25) is 0 Å². The number of halogens is 3. The Bertz CT molecular complexity index is 2080. The topological polar surface area (TPSA) is 95.9 Å². The standard InChI is InChI=1S/C37H43F3N6O3S/c1-6-8-24-27(36(4,39)40)15-22(2)26(17-41-5)28(24)30-31-25(9-11-42-30)29-32(45-13-14-48-20-35(3,47)19-45)43-34(44-33(29)50-31)49-21-37-10-7-12-46(37)18-23(38)16-37/h6,8-9,11,15,17,23,41,47H,2,7,10,12-14,16,18-21H2,1,3-5H3/b8-6-,26-17+/t23-,35+,37+/m1/s1. The fourth-order valence-electron chi connectivity index (χ4n) is 7.90. The van der Waals surface area contributed by atoms with E-state index in [9.17, 15) is 9.50 Å². The Balaban J connectivity index is 1.46. The Morgan fingerprint density at radius 2 is 2.12 bits per heavy atom. The lowest BCUT2D eigenvalue weighted by atomic mass is 9.91. The molecule has 50 heavy (non-hydrogen) atoms. The molecule has 3 fully saturated rings. The fourth-order valence-corrected chi connectivity index (χ4v) is 9.06. The molecule has 3 aliphatic rings. The molecule has 0 unspecified atom stereocenters. The second kappa shape index (κ2) is 13.1. The van der Waals surface area contributed by atoms with E-state index in [0.717, 1.165) is 41.8 Å². The van der Waals surface area contributed by atoms with Crippen LogP contribution in [0.2, 0.25) is 0 Å². The molecular weight excluding hydrogens is 666 g/mol. The molecule has 0 bridgehead atoms. The van der Waals surface area contributed by atoms with Crippen LogP contribution in [0, 0.1) is 0 Å². The van der Waals surface area contributed by atoms with Gasteiger partial charge in [0.05, 0.1) is 41.1 Å². The van der Waals surface area contributed by atoms with Gasteiger partial charge in [-0.15, -0.1) is 11.3 Å². The van der Waals surface area contributed by atoms with Crippen molar-refractivity contribution < 1.29 is 27.8 Å². The third-order valence-corrected chi connectivity index (χ3v) is 11.1. The first-order valence-electron chi connectivity index (χ1n) is 17.1. The average Bonchev–Trinajstić information content (AvgIpc) is 3.67. The number of pyridine rings is 1. The molecule has 13 heteroatoms. The van der Waals surface area contributed by atoms with E-state index in [2.05, 4.69) is 16.8 Å². The average molecular weight is 709 g/mol. The van der Waals surface area contributed by atoms with Crippen LogP contribution in [0.25, 0.3) is 50.4 Å². The molecule has 3 aliphatic heterocycles. The Hall–Kier alpha value is -3.78. The van der Waals surface area contributed by atoms with Crippen LogP contribution in [-0.2, 0) is 10.7 Å². The van der Waals surface area contributed by atoms with Crippen LogP contribution in [-0.4, -0.2) is 95.3 Å². The molecule has 3 aromatic heterocycles. The summed E-state index contributed by atoms with van der Waals surface area (Å²) in [6.07, 6.45) is 8.20. The third kappa shape index (κ3) is 6.22. The number of nitrogens with one attached hydrogen (secondary N) is 1. The number of aliphatic hydroxyl groups is 1. The number of hydrogen-bond acceptors (Lipinski definition) is 10. The van der Waals surface area contributed by atoms with Crippen molar-refractivity contribution in [1.82, 2.24) is 25.2 Å². The number of fused-ring (bicyclic) bond motifs is 4. The molecule has 0 saturated carbocycles. The van der Waals surface area contributed by atoms with Crippen molar-refractivity contribution >= 4 is 56.3 Å². The van der Waals surface area contributed by atoms with Gasteiger partial charge in [-0.3, -0.25) is 9.88 Å². The van der Waals surface area contributed by atoms with E-state index in [1.165, 1.54) is 17.4 Å². The van der Waals surface area contributed by atoms with Gasteiger partial charge in [-0.1, -0.05) is 18.7 Å². The quantitative estimate of drug-likeness (QED) is 0.264. The minimum atomic E-state index is -3.14. The van der Waals surface area contributed by atoms with E-state index < -0.39 is 23.2 Å². The van der Waals surface area contributed by atoms with E-state index in [0.29, 0.717) is 64.0 Å². The highest BCUT2D eigenvalue weighted by Gasteiger charge is 2.49. The summed E-state index contributed by atoms with van der Waals surface area (Å²) in [5.41, 5.74) is -0.294. The van der Waals surface area contributed by atoms with Gasteiger partial charge in [-0.05, 0) is 56.1 Å². The third-order valence-electron chi connectivity index (χ3n) is 10.0. The molecule has 9 nitrogen and oxygen atoms in total. The van der Waals surface area contributed by atoms with Gasteiger partial charge >= 0.3 is 6.01 Å². The first kappa shape index (κ1) is 34.7. The van der Waals surface area contributed by atoms with Crippen LogP contribution in [0.15, 0.2) is 24.4 Å². The summed E-state index contributed by atoms with van der Waals surface area (Å²) in [7, 11) is 1.75. The molecular formula is C37H43F3N6O3S. The first-order chi connectivity index (χ1) is 23.8. The second-order valence-electron chi connectivity index (χ2n) is 14.1. The Kier molecular flexibility index (Phi) is 9.07. The number of ether oxygens (including phenoxy) is 2. The van der Waals surface area contributed by atoms with Crippen molar-refractivity contribution in [3.63, 3.8) is 0 Å². The van der Waals surface area contributed by atoms with Gasteiger partial charge in [0.25, 0.3) is 5.92 Å². The van der Waals surface area contributed by atoms with Crippen LogP contribution in [0.4, 0.5) is 19.0 Å². The van der Waals surface area contributed by atoms with Crippen LogP contribution >= 0.6 is 11.3 Å². The monoisotopic (exact) mass is 708 g/mol. The minimum Gasteiger partial charge on any atom is -0.461 e. The first-order valence-corrected chi connectivity index (χ1v) is 17.9. The molecule has 3 saturated heterocycles. The number of anilines is 1. The van der Waals surface area contributed by atoms with Crippen molar-refractivity contribution in [3.8, 4) is 17.3 Å². The fraction of sp³-hybridized carbons (Fsp3) is 0.486. The number of alkyl halides is 3. The normalized spacial score (nSPS) is 25.2. The lowest BCUT2D eigenvalue weighted by molar-refractivity contribution is -0.0123. The van der Waals surface area contributed by atoms with Gasteiger partial charge in [0.1, 0.15) is 29.0 Å². The number of nitrogens with zero attached hydrogens (tertiary/aromatic N) is 5.